The van der Waals surface area contributed by atoms with Crippen molar-refractivity contribution in [2.75, 3.05) is 25.5 Å². The van der Waals surface area contributed by atoms with Crippen molar-refractivity contribution in [3.8, 4) is 0 Å². The van der Waals surface area contributed by atoms with Crippen LogP contribution in [0.1, 0.15) is 22.6 Å². The van der Waals surface area contributed by atoms with E-state index >= 15 is 0 Å². The highest BCUT2D eigenvalue weighted by molar-refractivity contribution is 5.90. The molecule has 0 saturated heterocycles. The van der Waals surface area contributed by atoms with Gasteiger partial charge in [0.15, 0.2) is 0 Å². The van der Waals surface area contributed by atoms with E-state index in [2.05, 4.69) is 82.1 Å². The topological polar surface area (TPSA) is 48.1 Å². The van der Waals surface area contributed by atoms with E-state index in [1.165, 1.54) is 16.5 Å². The maximum Gasteiger partial charge on any atom is 0.224 e. The van der Waals surface area contributed by atoms with Crippen LogP contribution in [0.15, 0.2) is 97.2 Å². The molecule has 4 aromatic carbocycles. The summed E-state index contributed by atoms with van der Waals surface area (Å²) in [6.45, 7) is 0.534. The summed E-state index contributed by atoms with van der Waals surface area (Å²) in [6, 6.07) is 31.3. The lowest BCUT2D eigenvalue weighted by Crippen LogP contribution is -2.30. The van der Waals surface area contributed by atoms with E-state index in [1.807, 2.05) is 44.4 Å². The van der Waals surface area contributed by atoms with Gasteiger partial charge >= 0.3 is 0 Å². The van der Waals surface area contributed by atoms with Crippen LogP contribution in [0.2, 0.25) is 0 Å². The molecule has 0 aliphatic heterocycles. The number of carbonyl (C=O) groups excluding carboxylic acids is 1. The number of hydrogen-bond acceptors (Lipinski definition) is 2. The molecule has 1 heterocycles. The highest BCUT2D eigenvalue weighted by Gasteiger charge is 2.19. The lowest BCUT2D eigenvalue weighted by atomic mass is 9.90. The minimum atomic E-state index is 0.0334. The van der Waals surface area contributed by atoms with Gasteiger partial charge in [-0.05, 0) is 45.7 Å². The Balaban J connectivity index is 1.41. The average molecular weight is 448 g/mol. The molecule has 0 spiro atoms. The number of carbonyl (C=O) groups is 1. The van der Waals surface area contributed by atoms with E-state index < -0.39 is 0 Å². The van der Waals surface area contributed by atoms with Crippen molar-refractivity contribution in [2.24, 2.45) is 0 Å². The van der Waals surface area contributed by atoms with Gasteiger partial charge in [-0.1, -0.05) is 72.8 Å². The van der Waals surface area contributed by atoms with Crippen molar-refractivity contribution in [3.05, 3.63) is 114 Å². The Morgan fingerprint density at radius 3 is 2.35 bits per heavy atom. The molecular weight excluding hydrogens is 418 g/mol. The molecule has 2 N–H and O–H groups in total. The van der Waals surface area contributed by atoms with Crippen molar-refractivity contribution < 1.29 is 4.79 Å². The van der Waals surface area contributed by atoms with Crippen molar-refractivity contribution in [1.29, 1.82) is 0 Å². The number of H-pyrrole nitrogens is 1. The zero-order valence-corrected chi connectivity index (χ0v) is 19.6. The third kappa shape index (κ3) is 4.40. The first-order chi connectivity index (χ1) is 16.6. The van der Waals surface area contributed by atoms with Crippen molar-refractivity contribution >= 4 is 33.3 Å². The number of aromatic amines is 1. The maximum atomic E-state index is 13.0. The zero-order valence-electron chi connectivity index (χ0n) is 19.6. The Bertz CT molecular complexity index is 1430. The number of rotatable bonds is 7. The lowest BCUT2D eigenvalue weighted by Gasteiger charge is -2.20. The molecule has 0 radical (unpaired) electrons. The highest BCUT2D eigenvalue weighted by atomic mass is 16.1. The van der Waals surface area contributed by atoms with Gasteiger partial charge in [0.25, 0.3) is 0 Å². The number of amides is 1. The second kappa shape index (κ2) is 9.44. The van der Waals surface area contributed by atoms with Crippen LogP contribution >= 0.6 is 0 Å². The summed E-state index contributed by atoms with van der Waals surface area (Å²) in [5, 5.41) is 6.70. The van der Waals surface area contributed by atoms with E-state index in [1.54, 1.807) is 0 Å². The number of aromatic nitrogens is 1. The Hall–Kier alpha value is -4.05. The fourth-order valence-electron chi connectivity index (χ4n) is 4.69. The monoisotopic (exact) mass is 447 g/mol. The van der Waals surface area contributed by atoms with Gasteiger partial charge in [-0.3, -0.25) is 4.79 Å². The second-order valence-electron chi connectivity index (χ2n) is 8.95. The first-order valence-corrected chi connectivity index (χ1v) is 11.7. The number of para-hydroxylation sites is 1. The van der Waals surface area contributed by atoms with E-state index in [9.17, 15) is 4.79 Å². The standard InChI is InChI=1S/C30H29N3O/c1-33(2)24-16-14-22(15-17-24)27(28-20-31-29-13-6-5-12-26(28)29)19-32-30(34)18-23-10-7-9-21-8-3-4-11-25(21)23/h3-17,20,27,31H,18-19H2,1-2H3,(H,32,34)/t27-/m0/s1. The SMILES string of the molecule is CN(C)c1ccc([C@H](CNC(=O)Cc2cccc3ccccc23)c2c[nH]c3ccccc23)cc1. The quantitative estimate of drug-likeness (QED) is 0.327. The fraction of sp³-hybridized carbons (Fsp3) is 0.167. The fourth-order valence-corrected chi connectivity index (χ4v) is 4.69. The number of nitrogens with zero attached hydrogens (tertiary/aromatic N) is 1. The number of fused-ring (bicyclic) bond motifs is 2. The molecule has 0 saturated carbocycles. The normalized spacial score (nSPS) is 12.1. The first kappa shape index (κ1) is 21.8. The molecule has 0 aliphatic carbocycles. The number of benzene rings is 4. The van der Waals surface area contributed by atoms with Crippen LogP contribution in [0.3, 0.4) is 0 Å². The van der Waals surface area contributed by atoms with Gasteiger partial charge in [0.1, 0.15) is 0 Å². The molecule has 0 aliphatic rings. The largest absolute Gasteiger partial charge is 0.378 e. The lowest BCUT2D eigenvalue weighted by molar-refractivity contribution is -0.120. The zero-order chi connectivity index (χ0) is 23.5. The van der Waals surface area contributed by atoms with Crippen LogP contribution in [-0.2, 0) is 11.2 Å². The predicted octanol–water partition coefficient (Wildman–Crippen LogP) is 5.88. The van der Waals surface area contributed by atoms with Crippen molar-refractivity contribution in [1.82, 2.24) is 10.3 Å². The molecule has 1 amide bonds. The molecule has 5 rings (SSSR count). The van der Waals surface area contributed by atoms with E-state index in [4.69, 9.17) is 0 Å². The summed E-state index contributed by atoms with van der Waals surface area (Å²) in [5.74, 6) is 0.0786. The Kier molecular flexibility index (Phi) is 6.05. The summed E-state index contributed by atoms with van der Waals surface area (Å²) in [6.07, 6.45) is 2.44. The Morgan fingerprint density at radius 1 is 0.853 bits per heavy atom. The van der Waals surface area contributed by atoms with Crippen LogP contribution in [-0.4, -0.2) is 31.5 Å². The van der Waals surface area contributed by atoms with Gasteiger partial charge < -0.3 is 15.2 Å². The minimum absolute atomic E-state index is 0.0334. The van der Waals surface area contributed by atoms with E-state index in [0.717, 1.165) is 27.5 Å². The van der Waals surface area contributed by atoms with Crippen LogP contribution in [0, 0.1) is 0 Å². The van der Waals surface area contributed by atoms with Crippen LogP contribution in [0.4, 0.5) is 5.69 Å². The maximum absolute atomic E-state index is 13.0. The molecule has 0 bridgehead atoms. The minimum Gasteiger partial charge on any atom is -0.378 e. The highest BCUT2D eigenvalue weighted by Crippen LogP contribution is 2.31. The van der Waals surface area contributed by atoms with Crippen molar-refractivity contribution in [2.45, 2.75) is 12.3 Å². The molecule has 5 aromatic rings. The number of nitrogens with one attached hydrogen (secondary N) is 2. The Morgan fingerprint density at radius 2 is 1.56 bits per heavy atom. The van der Waals surface area contributed by atoms with Gasteiger partial charge in [-0.2, -0.15) is 0 Å². The number of hydrogen-bond donors (Lipinski definition) is 2. The molecule has 4 heteroatoms. The van der Waals surface area contributed by atoms with Gasteiger partial charge in [-0.15, -0.1) is 0 Å². The van der Waals surface area contributed by atoms with Crippen LogP contribution in [0.5, 0.6) is 0 Å². The first-order valence-electron chi connectivity index (χ1n) is 11.7. The predicted molar refractivity (Wildman–Crippen MR) is 142 cm³/mol. The smallest absolute Gasteiger partial charge is 0.224 e. The summed E-state index contributed by atoms with van der Waals surface area (Å²) in [5.41, 5.74) is 5.69. The summed E-state index contributed by atoms with van der Waals surface area (Å²) in [4.78, 5) is 18.5. The molecular formula is C30H29N3O. The molecule has 4 nitrogen and oxygen atoms in total. The molecule has 0 unspecified atom stereocenters. The van der Waals surface area contributed by atoms with Gasteiger partial charge in [0.2, 0.25) is 5.91 Å². The number of anilines is 1. The Labute approximate surface area is 200 Å². The summed E-state index contributed by atoms with van der Waals surface area (Å²) >= 11 is 0. The van der Waals surface area contributed by atoms with Crippen molar-refractivity contribution in [3.63, 3.8) is 0 Å². The van der Waals surface area contributed by atoms with Gasteiger partial charge in [0.05, 0.1) is 6.42 Å². The molecule has 34 heavy (non-hydrogen) atoms. The molecule has 1 aromatic heterocycles. The average Bonchev–Trinajstić information content (AvgIpc) is 3.29. The third-order valence-corrected chi connectivity index (χ3v) is 6.54. The van der Waals surface area contributed by atoms with E-state index in [0.29, 0.717) is 13.0 Å². The van der Waals surface area contributed by atoms with Gasteiger partial charge in [0, 0.05) is 49.3 Å². The van der Waals surface area contributed by atoms with Gasteiger partial charge in [-0.25, -0.2) is 0 Å². The van der Waals surface area contributed by atoms with E-state index in [-0.39, 0.29) is 11.8 Å². The second-order valence-corrected chi connectivity index (χ2v) is 8.95. The summed E-state index contributed by atoms with van der Waals surface area (Å²) in [7, 11) is 4.08. The van der Waals surface area contributed by atoms with Crippen LogP contribution in [0.25, 0.3) is 21.7 Å². The molecule has 1 atom stereocenters. The van der Waals surface area contributed by atoms with Crippen LogP contribution < -0.4 is 10.2 Å². The summed E-state index contributed by atoms with van der Waals surface area (Å²) < 4.78 is 0. The third-order valence-electron chi connectivity index (χ3n) is 6.54. The molecule has 170 valence electrons. The molecule has 0 fully saturated rings.